The Morgan fingerprint density at radius 2 is 1.95 bits per heavy atom. The van der Waals surface area contributed by atoms with Gasteiger partial charge in [-0.25, -0.2) is 0 Å². The minimum Gasteiger partial charge on any atom is -0.398 e. The Bertz CT molecular complexity index is 675. The van der Waals surface area contributed by atoms with Crippen LogP contribution in [0.1, 0.15) is 22.8 Å². The number of aliphatic hydroxyl groups is 1. The van der Waals surface area contributed by atoms with E-state index in [4.69, 9.17) is 11.0 Å². The zero-order valence-electron chi connectivity index (χ0n) is 10.6. The van der Waals surface area contributed by atoms with Gasteiger partial charge in [-0.2, -0.15) is 5.26 Å². The van der Waals surface area contributed by atoms with E-state index in [1.165, 1.54) is 0 Å². The summed E-state index contributed by atoms with van der Waals surface area (Å²) in [5.74, 6) is 0. The highest BCUT2D eigenvalue weighted by Crippen LogP contribution is 2.28. The van der Waals surface area contributed by atoms with Crippen LogP contribution in [0.4, 0.5) is 5.69 Å². The predicted molar refractivity (Wildman–Crippen MR) is 88.7 cm³/mol. The molecule has 0 bridgehead atoms. The van der Waals surface area contributed by atoms with Crippen LogP contribution in [0.15, 0.2) is 48.5 Å². The van der Waals surface area contributed by atoms with Crippen molar-refractivity contribution < 1.29 is 5.11 Å². The Hall–Kier alpha value is -1.84. The number of benzene rings is 2. The van der Waals surface area contributed by atoms with Crippen LogP contribution in [-0.4, -0.2) is 5.11 Å². The lowest BCUT2D eigenvalue weighted by atomic mass is 10.0. The van der Waals surface area contributed by atoms with E-state index in [9.17, 15) is 5.11 Å². The molecule has 0 aliphatic rings. The fraction of sp³-hybridized carbons (Fsp3) is 0.0625. The molecule has 1 atom stereocenters. The van der Waals surface area contributed by atoms with Gasteiger partial charge in [0, 0.05) is 9.13 Å². The quantitative estimate of drug-likeness (QED) is 0.637. The smallest absolute Gasteiger partial charge is 0.0995 e. The summed E-state index contributed by atoms with van der Waals surface area (Å²) in [6.07, 6.45) is 2.66. The van der Waals surface area contributed by atoms with Crippen LogP contribution >= 0.6 is 22.6 Å². The van der Waals surface area contributed by atoms with Gasteiger partial charge in [0.05, 0.1) is 23.4 Å². The van der Waals surface area contributed by atoms with Gasteiger partial charge in [-0.15, -0.1) is 0 Å². The topological polar surface area (TPSA) is 70.0 Å². The number of nitrogens with zero attached hydrogens (tertiary/aromatic N) is 1. The molecule has 0 aliphatic heterocycles. The summed E-state index contributed by atoms with van der Waals surface area (Å²) >= 11 is 2.06. The third-order valence-corrected chi connectivity index (χ3v) is 3.77. The molecule has 4 heteroatoms. The van der Waals surface area contributed by atoms with Crippen molar-refractivity contribution in [2.75, 3.05) is 5.73 Å². The molecular formula is C16H13IN2O. The molecule has 0 aliphatic carbocycles. The molecule has 0 saturated carbocycles. The Morgan fingerprint density at radius 3 is 2.60 bits per heavy atom. The van der Waals surface area contributed by atoms with Crippen LogP contribution in [0, 0.1) is 14.9 Å². The van der Waals surface area contributed by atoms with E-state index < -0.39 is 6.10 Å². The number of halogens is 1. The first-order valence-electron chi connectivity index (χ1n) is 6.02. The predicted octanol–water partition coefficient (Wildman–Crippen LogP) is 3.49. The Morgan fingerprint density at radius 1 is 1.25 bits per heavy atom. The van der Waals surface area contributed by atoms with Crippen molar-refractivity contribution in [1.29, 1.82) is 5.26 Å². The van der Waals surface area contributed by atoms with Crippen LogP contribution in [0.2, 0.25) is 0 Å². The number of anilines is 1. The lowest BCUT2D eigenvalue weighted by molar-refractivity contribution is 0.230. The molecule has 0 heterocycles. The molecule has 100 valence electrons. The first kappa shape index (κ1) is 14.6. The molecule has 1 unspecified atom stereocenters. The average molecular weight is 376 g/mol. The Balaban J connectivity index is 2.30. The molecule has 0 fully saturated rings. The number of aliphatic hydroxyl groups excluding tert-OH is 1. The second-order valence-electron chi connectivity index (χ2n) is 4.29. The number of nitriles is 1. The van der Waals surface area contributed by atoms with E-state index in [-0.39, 0.29) is 0 Å². The van der Waals surface area contributed by atoms with Crippen molar-refractivity contribution in [3.05, 3.63) is 68.8 Å². The SMILES string of the molecule is N#Cc1cc(I)c(N)c(C(O)/C=C/c2ccccc2)c1. The summed E-state index contributed by atoms with van der Waals surface area (Å²) in [5, 5.41) is 19.2. The van der Waals surface area contributed by atoms with Gasteiger partial charge in [-0.3, -0.25) is 0 Å². The van der Waals surface area contributed by atoms with E-state index in [1.807, 2.05) is 36.4 Å². The van der Waals surface area contributed by atoms with E-state index in [1.54, 1.807) is 18.2 Å². The minimum atomic E-state index is -0.836. The summed E-state index contributed by atoms with van der Waals surface area (Å²) < 4.78 is 0.767. The zero-order chi connectivity index (χ0) is 14.5. The van der Waals surface area contributed by atoms with E-state index in [0.717, 1.165) is 9.13 Å². The third-order valence-electron chi connectivity index (χ3n) is 2.88. The Labute approximate surface area is 131 Å². The molecule has 3 N–H and O–H groups in total. The van der Waals surface area contributed by atoms with Gasteiger partial charge in [0.2, 0.25) is 0 Å². The van der Waals surface area contributed by atoms with Crippen molar-refractivity contribution in [1.82, 2.24) is 0 Å². The maximum atomic E-state index is 10.2. The minimum absolute atomic E-state index is 0.491. The summed E-state index contributed by atoms with van der Waals surface area (Å²) in [7, 11) is 0. The van der Waals surface area contributed by atoms with Crippen molar-refractivity contribution >= 4 is 34.4 Å². The van der Waals surface area contributed by atoms with Crippen molar-refractivity contribution in [2.24, 2.45) is 0 Å². The summed E-state index contributed by atoms with van der Waals surface area (Å²) in [6.45, 7) is 0. The molecule has 0 amide bonds. The molecule has 0 spiro atoms. The van der Waals surface area contributed by atoms with Crippen LogP contribution in [-0.2, 0) is 0 Å². The molecular weight excluding hydrogens is 363 g/mol. The molecule has 2 aromatic carbocycles. The second-order valence-corrected chi connectivity index (χ2v) is 5.45. The standard InChI is InChI=1S/C16H13IN2O/c17-14-9-12(10-18)8-13(16(14)19)15(20)7-6-11-4-2-1-3-5-11/h1-9,15,20H,19H2/b7-6+. The highest BCUT2D eigenvalue weighted by atomic mass is 127. The fourth-order valence-corrected chi connectivity index (χ4v) is 2.47. The van der Waals surface area contributed by atoms with Crippen molar-refractivity contribution in [3.8, 4) is 6.07 Å². The lowest BCUT2D eigenvalue weighted by Crippen LogP contribution is -2.02. The van der Waals surface area contributed by atoms with E-state index in [2.05, 4.69) is 28.7 Å². The van der Waals surface area contributed by atoms with E-state index in [0.29, 0.717) is 16.8 Å². The maximum absolute atomic E-state index is 10.2. The molecule has 3 nitrogen and oxygen atoms in total. The molecule has 20 heavy (non-hydrogen) atoms. The van der Waals surface area contributed by atoms with Crippen LogP contribution in [0.25, 0.3) is 6.08 Å². The summed E-state index contributed by atoms with van der Waals surface area (Å²) in [6, 6.07) is 15.1. The van der Waals surface area contributed by atoms with Crippen LogP contribution in [0.3, 0.4) is 0 Å². The molecule has 2 rings (SSSR count). The summed E-state index contributed by atoms with van der Waals surface area (Å²) in [4.78, 5) is 0. The average Bonchev–Trinajstić information content (AvgIpc) is 2.48. The first-order valence-corrected chi connectivity index (χ1v) is 7.10. The Kier molecular flexibility index (Phi) is 4.77. The summed E-state index contributed by atoms with van der Waals surface area (Å²) in [5.41, 5.74) is 8.52. The van der Waals surface area contributed by atoms with Crippen molar-refractivity contribution in [2.45, 2.75) is 6.10 Å². The van der Waals surface area contributed by atoms with Gasteiger partial charge in [0.1, 0.15) is 0 Å². The zero-order valence-corrected chi connectivity index (χ0v) is 12.8. The van der Waals surface area contributed by atoms with Gasteiger partial charge in [0.25, 0.3) is 0 Å². The maximum Gasteiger partial charge on any atom is 0.0995 e. The van der Waals surface area contributed by atoms with Crippen molar-refractivity contribution in [3.63, 3.8) is 0 Å². The first-order chi connectivity index (χ1) is 9.61. The lowest BCUT2D eigenvalue weighted by Gasteiger charge is -2.11. The molecule has 0 aromatic heterocycles. The van der Waals surface area contributed by atoms with Gasteiger partial charge < -0.3 is 10.8 Å². The fourth-order valence-electron chi connectivity index (χ4n) is 1.82. The van der Waals surface area contributed by atoms with Crippen LogP contribution in [0.5, 0.6) is 0 Å². The van der Waals surface area contributed by atoms with Gasteiger partial charge >= 0.3 is 0 Å². The normalized spacial score (nSPS) is 12.2. The number of nitrogen functional groups attached to an aromatic ring is 1. The highest BCUT2D eigenvalue weighted by Gasteiger charge is 2.12. The number of nitrogens with two attached hydrogens (primary N) is 1. The van der Waals surface area contributed by atoms with Gasteiger partial charge in [0.15, 0.2) is 0 Å². The number of hydrogen-bond donors (Lipinski definition) is 2. The van der Waals surface area contributed by atoms with Gasteiger partial charge in [-0.1, -0.05) is 42.5 Å². The third kappa shape index (κ3) is 3.38. The number of hydrogen-bond acceptors (Lipinski definition) is 3. The van der Waals surface area contributed by atoms with Crippen LogP contribution < -0.4 is 5.73 Å². The van der Waals surface area contributed by atoms with Gasteiger partial charge in [-0.05, 0) is 40.3 Å². The highest BCUT2D eigenvalue weighted by molar-refractivity contribution is 14.1. The largest absolute Gasteiger partial charge is 0.398 e. The molecule has 2 aromatic rings. The molecule has 0 saturated heterocycles. The number of rotatable bonds is 3. The molecule has 0 radical (unpaired) electrons. The second kappa shape index (κ2) is 6.55. The van der Waals surface area contributed by atoms with E-state index >= 15 is 0 Å². The monoisotopic (exact) mass is 376 g/mol.